The van der Waals surface area contributed by atoms with Gasteiger partial charge in [-0.05, 0) is 25.8 Å². The third kappa shape index (κ3) is 2.53. The Morgan fingerprint density at radius 3 is 2.57 bits per heavy atom. The smallest absolute Gasteiger partial charge is 0.319 e. The SMILES string of the molecule is CC[C@@H]1C(=O)C(C)(C)C(=O)O[C@@H]1c1cccc([N+](=O)[O-])c1. The molecule has 0 aromatic heterocycles. The maximum absolute atomic E-state index is 12.5. The van der Waals surface area contributed by atoms with Crippen molar-refractivity contribution in [3.63, 3.8) is 0 Å². The van der Waals surface area contributed by atoms with Crippen LogP contribution < -0.4 is 0 Å². The lowest BCUT2D eigenvalue weighted by Gasteiger charge is -2.37. The maximum atomic E-state index is 12.5. The molecule has 0 spiro atoms. The number of carbonyl (C=O) groups excluding carboxylic acids is 2. The van der Waals surface area contributed by atoms with E-state index in [1.165, 1.54) is 18.2 Å². The number of nitrogens with zero attached hydrogens (tertiary/aromatic N) is 1. The highest BCUT2D eigenvalue weighted by Crippen LogP contribution is 2.41. The molecule has 1 aliphatic rings. The predicted octanol–water partition coefficient (Wildman–Crippen LogP) is 2.81. The van der Waals surface area contributed by atoms with E-state index in [2.05, 4.69) is 0 Å². The van der Waals surface area contributed by atoms with Gasteiger partial charge < -0.3 is 4.74 Å². The Morgan fingerprint density at radius 1 is 1.33 bits per heavy atom. The monoisotopic (exact) mass is 291 g/mol. The Hall–Kier alpha value is -2.24. The molecule has 112 valence electrons. The number of ether oxygens (including phenoxy) is 1. The molecule has 1 saturated heterocycles. The normalized spacial score (nSPS) is 24.5. The first-order chi connectivity index (χ1) is 9.78. The van der Waals surface area contributed by atoms with Crippen LogP contribution in [-0.2, 0) is 14.3 Å². The second kappa shape index (κ2) is 5.27. The lowest BCUT2D eigenvalue weighted by molar-refractivity contribution is -0.385. The summed E-state index contributed by atoms with van der Waals surface area (Å²) < 4.78 is 5.41. The first kappa shape index (κ1) is 15.2. The van der Waals surface area contributed by atoms with Crippen molar-refractivity contribution < 1.29 is 19.2 Å². The average molecular weight is 291 g/mol. The summed E-state index contributed by atoms with van der Waals surface area (Å²) in [5.74, 6) is -1.26. The first-order valence-electron chi connectivity index (χ1n) is 6.78. The van der Waals surface area contributed by atoms with E-state index < -0.39 is 28.3 Å². The maximum Gasteiger partial charge on any atom is 0.319 e. The van der Waals surface area contributed by atoms with Gasteiger partial charge in [-0.25, -0.2) is 0 Å². The van der Waals surface area contributed by atoms with Gasteiger partial charge in [0.2, 0.25) is 0 Å². The van der Waals surface area contributed by atoms with Crippen LogP contribution in [0.3, 0.4) is 0 Å². The van der Waals surface area contributed by atoms with Gasteiger partial charge in [0.25, 0.3) is 5.69 Å². The molecule has 2 rings (SSSR count). The Morgan fingerprint density at radius 2 is 2.00 bits per heavy atom. The lowest BCUT2D eigenvalue weighted by Crippen LogP contribution is -2.47. The molecular formula is C15H17NO5. The number of benzene rings is 1. The second-order valence-corrected chi connectivity index (χ2v) is 5.68. The van der Waals surface area contributed by atoms with Gasteiger partial charge >= 0.3 is 5.97 Å². The molecule has 6 nitrogen and oxygen atoms in total. The van der Waals surface area contributed by atoms with E-state index in [0.29, 0.717) is 12.0 Å². The number of ketones is 1. The molecule has 2 atom stereocenters. The van der Waals surface area contributed by atoms with E-state index in [0.717, 1.165) is 0 Å². The number of rotatable bonds is 3. The van der Waals surface area contributed by atoms with Crippen LogP contribution in [-0.4, -0.2) is 16.7 Å². The van der Waals surface area contributed by atoms with Crippen LogP contribution in [0.15, 0.2) is 24.3 Å². The fraction of sp³-hybridized carbons (Fsp3) is 0.467. The van der Waals surface area contributed by atoms with Crippen molar-refractivity contribution in [1.82, 2.24) is 0 Å². The van der Waals surface area contributed by atoms with Crippen LogP contribution in [0, 0.1) is 21.4 Å². The van der Waals surface area contributed by atoms with Gasteiger partial charge in [0.1, 0.15) is 11.5 Å². The molecule has 1 heterocycles. The van der Waals surface area contributed by atoms with E-state index in [9.17, 15) is 19.7 Å². The molecule has 0 bridgehead atoms. The lowest BCUT2D eigenvalue weighted by atomic mass is 9.74. The zero-order valence-corrected chi connectivity index (χ0v) is 12.2. The summed E-state index contributed by atoms with van der Waals surface area (Å²) in [5.41, 5.74) is -0.776. The minimum Gasteiger partial charge on any atom is -0.456 e. The Balaban J connectivity index is 2.43. The molecule has 6 heteroatoms. The van der Waals surface area contributed by atoms with Crippen LogP contribution in [0.2, 0.25) is 0 Å². The van der Waals surface area contributed by atoms with Crippen LogP contribution >= 0.6 is 0 Å². The zero-order valence-electron chi connectivity index (χ0n) is 12.2. The molecule has 0 saturated carbocycles. The molecule has 0 amide bonds. The van der Waals surface area contributed by atoms with Gasteiger partial charge in [-0.1, -0.05) is 19.1 Å². The standard InChI is InChI=1S/C15H17NO5/c1-4-11-12(21-14(18)15(2,3)13(11)17)9-6-5-7-10(8-9)16(19)20/h5-8,11-12H,4H2,1-3H3/t11-,12+/m0/s1. The Kier molecular flexibility index (Phi) is 3.80. The summed E-state index contributed by atoms with van der Waals surface area (Å²) in [6.07, 6.45) is -0.258. The predicted molar refractivity (Wildman–Crippen MR) is 74.5 cm³/mol. The van der Waals surface area contributed by atoms with Crippen molar-refractivity contribution in [2.45, 2.75) is 33.3 Å². The molecule has 0 N–H and O–H groups in total. The van der Waals surface area contributed by atoms with Crippen LogP contribution in [0.5, 0.6) is 0 Å². The minimum absolute atomic E-state index is 0.0873. The number of hydrogen-bond acceptors (Lipinski definition) is 5. The number of hydrogen-bond donors (Lipinski definition) is 0. The van der Waals surface area contributed by atoms with Crippen molar-refractivity contribution in [3.05, 3.63) is 39.9 Å². The third-order valence-corrected chi connectivity index (χ3v) is 3.91. The summed E-state index contributed by atoms with van der Waals surface area (Å²) in [7, 11) is 0. The van der Waals surface area contributed by atoms with Gasteiger partial charge in [-0.2, -0.15) is 0 Å². The fourth-order valence-electron chi connectivity index (χ4n) is 2.56. The molecule has 1 aromatic carbocycles. The molecule has 1 aromatic rings. The van der Waals surface area contributed by atoms with Gasteiger partial charge in [0, 0.05) is 12.1 Å². The number of non-ortho nitro benzene ring substituents is 1. The third-order valence-electron chi connectivity index (χ3n) is 3.91. The van der Waals surface area contributed by atoms with E-state index in [1.54, 1.807) is 19.9 Å². The van der Waals surface area contributed by atoms with E-state index >= 15 is 0 Å². The summed E-state index contributed by atoms with van der Waals surface area (Å²) in [6, 6.07) is 5.88. The van der Waals surface area contributed by atoms with Gasteiger partial charge in [-0.3, -0.25) is 19.7 Å². The number of nitro benzene ring substituents is 1. The number of Topliss-reactive ketones (excluding diaryl/α,β-unsaturated/α-hetero) is 1. The summed E-state index contributed by atoms with van der Waals surface area (Å²) in [4.78, 5) is 34.8. The summed E-state index contributed by atoms with van der Waals surface area (Å²) in [5, 5.41) is 10.8. The van der Waals surface area contributed by atoms with Crippen LogP contribution in [0.1, 0.15) is 38.9 Å². The van der Waals surface area contributed by atoms with Gasteiger partial charge in [-0.15, -0.1) is 0 Å². The largest absolute Gasteiger partial charge is 0.456 e. The average Bonchev–Trinajstić information content (AvgIpc) is 2.45. The second-order valence-electron chi connectivity index (χ2n) is 5.68. The van der Waals surface area contributed by atoms with E-state index in [-0.39, 0.29) is 11.5 Å². The Labute approximate surface area is 122 Å². The number of carbonyl (C=O) groups is 2. The van der Waals surface area contributed by atoms with Crippen molar-refractivity contribution in [2.75, 3.05) is 0 Å². The van der Waals surface area contributed by atoms with Crippen molar-refractivity contribution in [3.8, 4) is 0 Å². The van der Waals surface area contributed by atoms with E-state index in [1.807, 2.05) is 6.92 Å². The topological polar surface area (TPSA) is 86.5 Å². The zero-order chi connectivity index (χ0) is 15.8. The molecule has 21 heavy (non-hydrogen) atoms. The number of cyclic esters (lactones) is 1. The summed E-state index contributed by atoms with van der Waals surface area (Å²) >= 11 is 0. The van der Waals surface area contributed by atoms with Crippen molar-refractivity contribution >= 4 is 17.4 Å². The van der Waals surface area contributed by atoms with Crippen molar-refractivity contribution in [1.29, 1.82) is 0 Å². The number of nitro groups is 1. The molecule has 0 aliphatic carbocycles. The fourth-order valence-corrected chi connectivity index (χ4v) is 2.56. The number of esters is 1. The summed E-state index contributed by atoms with van der Waals surface area (Å²) in [6.45, 7) is 4.93. The highest BCUT2D eigenvalue weighted by atomic mass is 16.6. The van der Waals surface area contributed by atoms with Crippen LogP contribution in [0.4, 0.5) is 5.69 Å². The quantitative estimate of drug-likeness (QED) is 0.370. The van der Waals surface area contributed by atoms with Gasteiger partial charge in [0.05, 0.1) is 10.8 Å². The molecule has 1 aliphatic heterocycles. The molecule has 0 radical (unpaired) electrons. The van der Waals surface area contributed by atoms with Gasteiger partial charge in [0.15, 0.2) is 5.78 Å². The van der Waals surface area contributed by atoms with Crippen molar-refractivity contribution in [2.24, 2.45) is 11.3 Å². The van der Waals surface area contributed by atoms with E-state index in [4.69, 9.17) is 4.74 Å². The highest BCUT2D eigenvalue weighted by molar-refractivity contribution is 6.06. The molecular weight excluding hydrogens is 274 g/mol. The highest BCUT2D eigenvalue weighted by Gasteiger charge is 2.50. The molecule has 1 fully saturated rings. The molecule has 0 unspecified atom stereocenters. The van der Waals surface area contributed by atoms with Crippen LogP contribution in [0.25, 0.3) is 0 Å². The Bertz CT molecular complexity index is 608. The minimum atomic E-state index is -1.17. The first-order valence-corrected chi connectivity index (χ1v) is 6.78.